The fourth-order valence-electron chi connectivity index (χ4n) is 1.93. The molecule has 0 bridgehead atoms. The summed E-state index contributed by atoms with van der Waals surface area (Å²) < 4.78 is 1.04. The Kier molecular flexibility index (Phi) is 5.21. The first-order valence-corrected chi connectivity index (χ1v) is 7.53. The SMILES string of the molecule is Cc1cc(Cl)ccc1NC(=O)CCc1ccccc1Br. The number of hydrogen-bond acceptors (Lipinski definition) is 1. The zero-order valence-electron chi connectivity index (χ0n) is 11.1. The van der Waals surface area contributed by atoms with Gasteiger partial charge in [0.25, 0.3) is 0 Å². The molecule has 2 aromatic rings. The Morgan fingerprint density at radius 2 is 2.00 bits per heavy atom. The van der Waals surface area contributed by atoms with E-state index < -0.39 is 0 Å². The summed E-state index contributed by atoms with van der Waals surface area (Å²) in [6, 6.07) is 13.4. The number of anilines is 1. The molecule has 0 fully saturated rings. The summed E-state index contributed by atoms with van der Waals surface area (Å²) in [7, 11) is 0. The van der Waals surface area contributed by atoms with E-state index in [0.717, 1.165) is 21.3 Å². The zero-order chi connectivity index (χ0) is 14.5. The molecule has 0 aliphatic heterocycles. The number of benzene rings is 2. The van der Waals surface area contributed by atoms with Crippen molar-refractivity contribution in [3.05, 3.63) is 63.1 Å². The molecule has 0 saturated carbocycles. The van der Waals surface area contributed by atoms with Crippen molar-refractivity contribution in [2.75, 3.05) is 5.32 Å². The maximum absolute atomic E-state index is 12.0. The molecule has 0 saturated heterocycles. The first kappa shape index (κ1) is 15.1. The predicted molar refractivity (Wildman–Crippen MR) is 87.3 cm³/mol. The van der Waals surface area contributed by atoms with Crippen LogP contribution in [0.5, 0.6) is 0 Å². The molecule has 20 heavy (non-hydrogen) atoms. The first-order chi connectivity index (χ1) is 9.56. The lowest BCUT2D eigenvalue weighted by Gasteiger charge is -2.09. The van der Waals surface area contributed by atoms with Crippen LogP contribution in [0.25, 0.3) is 0 Å². The molecule has 0 aliphatic rings. The summed E-state index contributed by atoms with van der Waals surface area (Å²) in [5, 5.41) is 3.59. The molecule has 2 rings (SSSR count). The highest BCUT2D eigenvalue weighted by atomic mass is 79.9. The smallest absolute Gasteiger partial charge is 0.224 e. The maximum atomic E-state index is 12.0. The van der Waals surface area contributed by atoms with Gasteiger partial charge in [0.1, 0.15) is 0 Å². The van der Waals surface area contributed by atoms with Gasteiger partial charge in [-0.1, -0.05) is 45.7 Å². The van der Waals surface area contributed by atoms with E-state index in [1.165, 1.54) is 0 Å². The molecule has 0 radical (unpaired) electrons. The average molecular weight is 353 g/mol. The van der Waals surface area contributed by atoms with Crippen molar-refractivity contribution in [2.45, 2.75) is 19.8 Å². The van der Waals surface area contributed by atoms with Gasteiger partial charge in [0, 0.05) is 21.6 Å². The highest BCUT2D eigenvalue weighted by molar-refractivity contribution is 9.10. The van der Waals surface area contributed by atoms with Crippen LogP contribution in [0.4, 0.5) is 5.69 Å². The van der Waals surface area contributed by atoms with Crippen molar-refractivity contribution >= 4 is 39.1 Å². The fourth-order valence-corrected chi connectivity index (χ4v) is 2.64. The van der Waals surface area contributed by atoms with E-state index in [0.29, 0.717) is 17.9 Å². The molecule has 2 nitrogen and oxygen atoms in total. The molecule has 1 N–H and O–H groups in total. The molecule has 0 aliphatic carbocycles. The largest absolute Gasteiger partial charge is 0.326 e. The number of halogens is 2. The topological polar surface area (TPSA) is 29.1 Å². The van der Waals surface area contributed by atoms with Crippen molar-refractivity contribution < 1.29 is 4.79 Å². The monoisotopic (exact) mass is 351 g/mol. The Morgan fingerprint density at radius 3 is 2.70 bits per heavy atom. The standard InChI is InChI=1S/C16H15BrClNO/c1-11-10-13(18)7-8-15(11)19-16(20)9-6-12-4-2-3-5-14(12)17/h2-5,7-8,10H,6,9H2,1H3,(H,19,20). The van der Waals surface area contributed by atoms with Crippen LogP contribution < -0.4 is 5.32 Å². The minimum Gasteiger partial charge on any atom is -0.326 e. The average Bonchev–Trinajstić information content (AvgIpc) is 2.41. The van der Waals surface area contributed by atoms with Crippen LogP contribution in [0.1, 0.15) is 17.5 Å². The van der Waals surface area contributed by atoms with E-state index in [-0.39, 0.29) is 5.91 Å². The summed E-state index contributed by atoms with van der Waals surface area (Å²) in [4.78, 5) is 12.0. The Labute approximate surface area is 132 Å². The van der Waals surface area contributed by atoms with Crippen LogP contribution >= 0.6 is 27.5 Å². The van der Waals surface area contributed by atoms with Gasteiger partial charge in [-0.15, -0.1) is 0 Å². The fraction of sp³-hybridized carbons (Fsp3) is 0.188. The van der Waals surface area contributed by atoms with Crippen molar-refractivity contribution in [1.82, 2.24) is 0 Å². The van der Waals surface area contributed by atoms with Crippen LogP contribution in [0.3, 0.4) is 0 Å². The van der Waals surface area contributed by atoms with Crippen LogP contribution in [-0.2, 0) is 11.2 Å². The molecule has 0 aromatic heterocycles. The van der Waals surface area contributed by atoms with E-state index in [9.17, 15) is 4.79 Å². The number of rotatable bonds is 4. The molecular formula is C16H15BrClNO. The van der Waals surface area contributed by atoms with E-state index >= 15 is 0 Å². The molecule has 0 unspecified atom stereocenters. The van der Waals surface area contributed by atoms with Gasteiger partial charge in [-0.05, 0) is 48.7 Å². The van der Waals surface area contributed by atoms with Gasteiger partial charge in [-0.2, -0.15) is 0 Å². The minimum atomic E-state index is 0.00572. The lowest BCUT2D eigenvalue weighted by Crippen LogP contribution is -2.13. The Balaban J connectivity index is 1.94. The van der Waals surface area contributed by atoms with E-state index in [2.05, 4.69) is 21.2 Å². The third-order valence-electron chi connectivity index (χ3n) is 3.04. The van der Waals surface area contributed by atoms with Crippen LogP contribution in [0, 0.1) is 6.92 Å². The highest BCUT2D eigenvalue weighted by Crippen LogP contribution is 2.21. The normalized spacial score (nSPS) is 10.3. The molecule has 2 aromatic carbocycles. The predicted octanol–water partition coefficient (Wildman–Crippen LogP) is 4.98. The summed E-state index contributed by atoms with van der Waals surface area (Å²) in [5.41, 5.74) is 2.91. The van der Waals surface area contributed by atoms with Crippen LogP contribution in [0.15, 0.2) is 46.9 Å². The summed E-state index contributed by atoms with van der Waals surface area (Å²) in [6.45, 7) is 1.93. The molecular weight excluding hydrogens is 338 g/mol. The van der Waals surface area contributed by atoms with Crippen molar-refractivity contribution in [3.63, 3.8) is 0 Å². The van der Waals surface area contributed by atoms with Gasteiger partial charge in [0.2, 0.25) is 5.91 Å². The van der Waals surface area contributed by atoms with Crippen molar-refractivity contribution in [3.8, 4) is 0 Å². The second kappa shape index (κ2) is 6.91. The Morgan fingerprint density at radius 1 is 1.25 bits per heavy atom. The number of aryl methyl sites for hydroxylation is 2. The Bertz CT molecular complexity index is 628. The van der Waals surface area contributed by atoms with E-state index in [1.807, 2.05) is 43.3 Å². The third kappa shape index (κ3) is 4.09. The second-order valence-corrected chi connectivity index (χ2v) is 5.89. The maximum Gasteiger partial charge on any atom is 0.224 e. The highest BCUT2D eigenvalue weighted by Gasteiger charge is 2.07. The van der Waals surface area contributed by atoms with Crippen molar-refractivity contribution in [2.24, 2.45) is 0 Å². The van der Waals surface area contributed by atoms with Crippen molar-refractivity contribution in [1.29, 1.82) is 0 Å². The van der Waals surface area contributed by atoms with Gasteiger partial charge < -0.3 is 5.32 Å². The molecule has 4 heteroatoms. The molecule has 104 valence electrons. The summed E-state index contributed by atoms with van der Waals surface area (Å²) in [6.07, 6.45) is 1.16. The minimum absolute atomic E-state index is 0.00572. The lowest BCUT2D eigenvalue weighted by molar-refractivity contribution is -0.116. The second-order valence-electron chi connectivity index (χ2n) is 4.60. The first-order valence-electron chi connectivity index (χ1n) is 6.35. The lowest BCUT2D eigenvalue weighted by atomic mass is 10.1. The van der Waals surface area contributed by atoms with Gasteiger partial charge in [0.05, 0.1) is 0 Å². The Hall–Kier alpha value is -1.32. The molecule has 0 heterocycles. The number of nitrogens with one attached hydrogen (secondary N) is 1. The molecule has 0 atom stereocenters. The summed E-state index contributed by atoms with van der Waals surface area (Å²) in [5.74, 6) is 0.00572. The zero-order valence-corrected chi connectivity index (χ0v) is 13.5. The van der Waals surface area contributed by atoms with Gasteiger partial charge in [0.15, 0.2) is 0 Å². The molecule has 0 spiro atoms. The van der Waals surface area contributed by atoms with E-state index in [4.69, 9.17) is 11.6 Å². The van der Waals surface area contributed by atoms with Gasteiger partial charge >= 0.3 is 0 Å². The number of hydrogen-bond donors (Lipinski definition) is 1. The number of carbonyl (C=O) groups excluding carboxylic acids is 1. The van der Waals surface area contributed by atoms with Crippen LogP contribution in [-0.4, -0.2) is 5.91 Å². The third-order valence-corrected chi connectivity index (χ3v) is 4.05. The van der Waals surface area contributed by atoms with Gasteiger partial charge in [-0.25, -0.2) is 0 Å². The quantitative estimate of drug-likeness (QED) is 0.826. The van der Waals surface area contributed by atoms with Crippen LogP contribution in [0.2, 0.25) is 5.02 Å². The summed E-state index contributed by atoms with van der Waals surface area (Å²) >= 11 is 9.38. The number of amides is 1. The van der Waals surface area contributed by atoms with E-state index in [1.54, 1.807) is 6.07 Å². The van der Waals surface area contributed by atoms with Gasteiger partial charge in [-0.3, -0.25) is 4.79 Å². The molecule has 1 amide bonds. The number of carbonyl (C=O) groups is 1.